The Balaban J connectivity index is 3.10. The van der Waals surface area contributed by atoms with E-state index < -0.39 is 29.8 Å². The largest absolute Gasteiger partial charge is 0.532 e. The minimum Gasteiger partial charge on any atom is -0.455 e. The summed E-state index contributed by atoms with van der Waals surface area (Å²) in [5.41, 5.74) is -2.96. The van der Waals surface area contributed by atoms with Gasteiger partial charge in [0, 0.05) is 12.6 Å². The van der Waals surface area contributed by atoms with Crippen molar-refractivity contribution in [2.45, 2.75) is 26.4 Å². The van der Waals surface area contributed by atoms with Crippen LogP contribution in [0.15, 0.2) is 0 Å². The van der Waals surface area contributed by atoms with E-state index in [0.717, 1.165) is 0 Å². The topological polar surface area (TPSA) is 57.0 Å². The Hall–Kier alpha value is -1.54. The van der Waals surface area contributed by atoms with Crippen LogP contribution in [0.3, 0.4) is 0 Å². The first-order valence-corrected chi connectivity index (χ1v) is 4.85. The molecule has 9 heteroatoms. The summed E-state index contributed by atoms with van der Waals surface area (Å²) in [7, 11) is 1.21. The zero-order valence-electron chi connectivity index (χ0n) is 9.87. The number of aromatic nitrogens is 3. The second kappa shape index (κ2) is 4.04. The van der Waals surface area contributed by atoms with Crippen LogP contribution < -0.4 is 5.59 Å². The number of aryl methyl sites for hydroxylation is 1. The lowest BCUT2D eigenvalue weighted by Gasteiger charge is -2.19. The van der Waals surface area contributed by atoms with Crippen LogP contribution in [-0.4, -0.2) is 33.5 Å². The number of ether oxygens (including phenoxy) is 1. The maximum absolute atomic E-state index is 12.6. The second-order valence-electron chi connectivity index (χ2n) is 4.50. The van der Waals surface area contributed by atoms with E-state index in [0.29, 0.717) is 4.80 Å². The third-order valence-corrected chi connectivity index (χ3v) is 1.64. The summed E-state index contributed by atoms with van der Waals surface area (Å²) in [6, 6.07) is 0. The molecule has 0 atom stereocenters. The molecule has 0 saturated carbocycles. The highest BCUT2D eigenvalue weighted by molar-refractivity contribution is 6.73. The van der Waals surface area contributed by atoms with Gasteiger partial charge in [-0.15, -0.1) is 5.10 Å². The summed E-state index contributed by atoms with van der Waals surface area (Å²) in [5, 5.41) is 6.53. The molecule has 1 heterocycles. The maximum atomic E-state index is 12.6. The van der Waals surface area contributed by atoms with Gasteiger partial charge in [0.05, 0.1) is 0 Å². The van der Waals surface area contributed by atoms with E-state index in [-0.39, 0.29) is 0 Å². The van der Waals surface area contributed by atoms with Crippen molar-refractivity contribution in [2.24, 2.45) is 7.05 Å². The van der Waals surface area contributed by atoms with Gasteiger partial charge in [-0.1, -0.05) is 0 Å². The molecule has 1 rings (SSSR count). The number of hydrogen-bond acceptors (Lipinski definition) is 4. The summed E-state index contributed by atoms with van der Waals surface area (Å²) in [4.78, 5) is 12.2. The fourth-order valence-corrected chi connectivity index (χ4v) is 1.11. The highest BCUT2D eigenvalue weighted by Gasteiger charge is 2.36. The SMILES string of the molecule is Cn1nc(C(=O)OC(C)(C)C)c([B-](F)(F)F)n1. The first kappa shape index (κ1) is 13.5. The zero-order chi connectivity index (χ0) is 13.4. The van der Waals surface area contributed by atoms with Crippen molar-refractivity contribution >= 4 is 18.5 Å². The van der Waals surface area contributed by atoms with Gasteiger partial charge in [-0.25, -0.2) is 4.79 Å². The number of carbonyl (C=O) groups is 1. The van der Waals surface area contributed by atoms with E-state index in [1.807, 2.05) is 0 Å². The normalized spacial score (nSPS) is 12.6. The highest BCUT2D eigenvalue weighted by atomic mass is 19.4. The van der Waals surface area contributed by atoms with Gasteiger partial charge < -0.3 is 17.7 Å². The van der Waals surface area contributed by atoms with E-state index in [4.69, 9.17) is 4.74 Å². The van der Waals surface area contributed by atoms with Crippen LogP contribution >= 0.6 is 0 Å². The molecule has 0 aliphatic rings. The third kappa shape index (κ3) is 3.47. The van der Waals surface area contributed by atoms with Crippen LogP contribution in [0.25, 0.3) is 0 Å². The lowest BCUT2D eigenvalue weighted by molar-refractivity contribution is 0.00629. The van der Waals surface area contributed by atoms with E-state index in [1.54, 1.807) is 20.8 Å². The van der Waals surface area contributed by atoms with Gasteiger partial charge in [0.25, 0.3) is 0 Å². The van der Waals surface area contributed by atoms with Crippen LogP contribution in [-0.2, 0) is 11.8 Å². The van der Waals surface area contributed by atoms with E-state index in [9.17, 15) is 17.7 Å². The molecule has 0 aromatic carbocycles. The quantitative estimate of drug-likeness (QED) is 0.576. The molecule has 0 amide bonds. The van der Waals surface area contributed by atoms with Crippen molar-refractivity contribution in [3.05, 3.63) is 5.69 Å². The van der Waals surface area contributed by atoms with Crippen molar-refractivity contribution in [2.75, 3.05) is 0 Å². The van der Waals surface area contributed by atoms with Crippen molar-refractivity contribution in [1.29, 1.82) is 0 Å². The Morgan fingerprint density at radius 1 is 1.29 bits per heavy atom. The van der Waals surface area contributed by atoms with E-state index in [1.165, 1.54) is 7.05 Å². The fraction of sp³-hybridized carbons (Fsp3) is 0.625. The van der Waals surface area contributed by atoms with Gasteiger partial charge >= 0.3 is 12.9 Å². The fourth-order valence-electron chi connectivity index (χ4n) is 1.11. The number of esters is 1. The van der Waals surface area contributed by atoms with Crippen LogP contribution in [0.1, 0.15) is 31.3 Å². The van der Waals surface area contributed by atoms with Crippen molar-refractivity contribution in [3.63, 3.8) is 0 Å². The molecule has 5 nitrogen and oxygen atoms in total. The van der Waals surface area contributed by atoms with Crippen LogP contribution in [0, 0.1) is 0 Å². The predicted octanol–water partition coefficient (Wildman–Crippen LogP) is 0.825. The second-order valence-corrected chi connectivity index (χ2v) is 4.50. The molecule has 17 heavy (non-hydrogen) atoms. The van der Waals surface area contributed by atoms with Gasteiger partial charge in [-0.2, -0.15) is 9.90 Å². The number of halogens is 3. The molecular formula is C8H12BF3N3O2-. The Bertz CT molecular complexity index is 436. The first-order valence-electron chi connectivity index (χ1n) is 4.85. The van der Waals surface area contributed by atoms with Gasteiger partial charge in [0.1, 0.15) is 5.60 Å². The standard InChI is InChI=1S/C8H12BF3N3O2/c1-8(2,3)17-7(16)5-6(9(10,11)12)14-15(4)13-5/h1-4H3/q-1. The number of carbonyl (C=O) groups excluding carboxylic acids is 1. The molecule has 1 aromatic rings. The number of rotatable bonds is 2. The molecular weight excluding hydrogens is 238 g/mol. The molecule has 96 valence electrons. The minimum absolute atomic E-state index is 0.698. The third-order valence-electron chi connectivity index (χ3n) is 1.64. The molecule has 0 saturated heterocycles. The molecule has 0 aliphatic carbocycles. The van der Waals surface area contributed by atoms with Crippen molar-refractivity contribution in [1.82, 2.24) is 15.0 Å². The van der Waals surface area contributed by atoms with E-state index in [2.05, 4.69) is 10.2 Å². The average Bonchev–Trinajstić information content (AvgIpc) is 2.43. The monoisotopic (exact) mass is 250 g/mol. The number of hydrogen-bond donors (Lipinski definition) is 0. The van der Waals surface area contributed by atoms with Crippen LogP contribution in [0.4, 0.5) is 12.9 Å². The molecule has 0 N–H and O–H groups in total. The van der Waals surface area contributed by atoms with Crippen molar-refractivity contribution in [3.8, 4) is 0 Å². The first-order chi connectivity index (χ1) is 7.50. The van der Waals surface area contributed by atoms with Gasteiger partial charge in [0.15, 0.2) is 5.69 Å². The summed E-state index contributed by atoms with van der Waals surface area (Å²) >= 11 is 0. The summed E-state index contributed by atoms with van der Waals surface area (Å²) < 4.78 is 42.6. The molecule has 0 radical (unpaired) electrons. The Morgan fingerprint density at radius 3 is 2.24 bits per heavy atom. The zero-order valence-corrected chi connectivity index (χ0v) is 9.87. The smallest absolute Gasteiger partial charge is 0.455 e. The van der Waals surface area contributed by atoms with Crippen LogP contribution in [0.2, 0.25) is 0 Å². The highest BCUT2D eigenvalue weighted by Crippen LogP contribution is 2.13. The average molecular weight is 250 g/mol. The Labute approximate surface area is 96.0 Å². The molecule has 0 bridgehead atoms. The molecule has 0 spiro atoms. The summed E-state index contributed by atoms with van der Waals surface area (Å²) in [6.07, 6.45) is 0. The maximum Gasteiger partial charge on any atom is 0.532 e. The summed E-state index contributed by atoms with van der Waals surface area (Å²) in [5.74, 6) is -1.13. The number of nitrogens with zero attached hydrogens (tertiary/aromatic N) is 3. The summed E-state index contributed by atoms with van der Waals surface area (Å²) in [6.45, 7) is -0.725. The van der Waals surface area contributed by atoms with Gasteiger partial charge in [-0.3, -0.25) is 0 Å². The molecule has 1 aromatic heterocycles. The van der Waals surface area contributed by atoms with Crippen LogP contribution in [0.5, 0.6) is 0 Å². The van der Waals surface area contributed by atoms with Gasteiger partial charge in [0.2, 0.25) is 0 Å². The Kier molecular flexibility index (Phi) is 3.22. The molecule has 0 fully saturated rings. The molecule has 0 aliphatic heterocycles. The van der Waals surface area contributed by atoms with Crippen molar-refractivity contribution < 1.29 is 22.5 Å². The van der Waals surface area contributed by atoms with E-state index >= 15 is 0 Å². The lowest BCUT2D eigenvalue weighted by atomic mass is 9.84. The van der Waals surface area contributed by atoms with Gasteiger partial charge in [-0.05, 0) is 20.8 Å². The minimum atomic E-state index is -5.39. The molecule has 0 unspecified atom stereocenters. The predicted molar refractivity (Wildman–Crippen MR) is 54.9 cm³/mol. The Morgan fingerprint density at radius 2 is 1.82 bits per heavy atom. The lowest BCUT2D eigenvalue weighted by Crippen LogP contribution is -2.40.